The Bertz CT molecular complexity index is 609. The number of aliphatic carboxylic acids is 1. The van der Waals surface area contributed by atoms with E-state index in [1.807, 2.05) is 0 Å². The van der Waals surface area contributed by atoms with Crippen molar-refractivity contribution in [3.63, 3.8) is 0 Å². The molecule has 2 rings (SSSR count). The molecule has 0 radical (unpaired) electrons. The summed E-state index contributed by atoms with van der Waals surface area (Å²) in [7, 11) is 0. The van der Waals surface area contributed by atoms with Crippen LogP contribution in [0.1, 0.15) is 17.2 Å². The second-order valence-corrected chi connectivity index (χ2v) is 4.24. The van der Waals surface area contributed by atoms with Crippen LogP contribution in [0.15, 0.2) is 60.7 Å². The molecule has 5 heteroatoms. The van der Waals surface area contributed by atoms with E-state index in [9.17, 15) is 14.4 Å². The van der Waals surface area contributed by atoms with Crippen LogP contribution in [-0.4, -0.2) is 22.8 Å². The number of Topliss-reactive ketones (excluding diaryl/α,β-unsaturated/α-hetero) is 1. The van der Waals surface area contributed by atoms with Crippen LogP contribution in [0.25, 0.3) is 0 Å². The summed E-state index contributed by atoms with van der Waals surface area (Å²) in [6, 6.07) is 17.6. The van der Waals surface area contributed by atoms with Gasteiger partial charge in [0.15, 0.2) is 6.10 Å². The molecular formula is C16H12O5. The summed E-state index contributed by atoms with van der Waals surface area (Å²) in [5.74, 6) is -4.81. The van der Waals surface area contributed by atoms with Crippen LogP contribution in [0.4, 0.5) is 0 Å². The van der Waals surface area contributed by atoms with Crippen molar-refractivity contribution in [2.45, 2.75) is 6.10 Å². The van der Waals surface area contributed by atoms with Crippen molar-refractivity contribution in [3.8, 4) is 0 Å². The molecule has 0 amide bonds. The highest BCUT2D eigenvalue weighted by atomic mass is 16.6. The molecule has 2 aromatic rings. The molecule has 2 aromatic carbocycles. The van der Waals surface area contributed by atoms with Crippen molar-refractivity contribution in [3.05, 3.63) is 71.8 Å². The molecule has 21 heavy (non-hydrogen) atoms. The first-order valence-electron chi connectivity index (χ1n) is 6.17. The standard InChI is InChI=1S/C16H12O5/c17-13(15(18)19)16(20)21-14(11-7-3-1-4-8-11)12-9-5-2-6-10-12/h1-10,14H,(H,18,19). The highest BCUT2D eigenvalue weighted by Gasteiger charge is 2.28. The molecular weight excluding hydrogens is 272 g/mol. The normalized spacial score (nSPS) is 10.1. The molecule has 0 aromatic heterocycles. The molecule has 106 valence electrons. The number of ketones is 1. The van der Waals surface area contributed by atoms with Crippen LogP contribution >= 0.6 is 0 Å². The SMILES string of the molecule is O=C(O)C(=O)C(=O)OC(c1ccccc1)c1ccccc1. The number of carbonyl (C=O) groups excluding carboxylic acids is 2. The van der Waals surface area contributed by atoms with E-state index in [2.05, 4.69) is 0 Å². The Morgan fingerprint density at radius 1 is 0.810 bits per heavy atom. The molecule has 0 saturated carbocycles. The topological polar surface area (TPSA) is 80.7 Å². The summed E-state index contributed by atoms with van der Waals surface area (Å²) in [5, 5.41) is 8.56. The van der Waals surface area contributed by atoms with Crippen LogP contribution in [0.5, 0.6) is 0 Å². The Balaban J connectivity index is 2.32. The minimum absolute atomic E-state index is 0.648. The van der Waals surface area contributed by atoms with Gasteiger partial charge in [0.05, 0.1) is 0 Å². The highest BCUT2D eigenvalue weighted by Crippen LogP contribution is 2.25. The Labute approximate surface area is 120 Å². The molecule has 0 heterocycles. The summed E-state index contributed by atoms with van der Waals surface area (Å²) in [6.45, 7) is 0. The van der Waals surface area contributed by atoms with Gasteiger partial charge in [-0.1, -0.05) is 60.7 Å². The van der Waals surface area contributed by atoms with Crippen LogP contribution in [-0.2, 0) is 19.1 Å². The van der Waals surface area contributed by atoms with E-state index >= 15 is 0 Å². The summed E-state index contributed by atoms with van der Waals surface area (Å²) in [5.41, 5.74) is 1.30. The molecule has 0 aliphatic rings. The third-order valence-corrected chi connectivity index (χ3v) is 2.81. The summed E-state index contributed by atoms with van der Waals surface area (Å²) in [6.07, 6.45) is -0.830. The lowest BCUT2D eigenvalue weighted by molar-refractivity contribution is -0.163. The number of carbonyl (C=O) groups is 3. The van der Waals surface area contributed by atoms with Gasteiger partial charge >= 0.3 is 17.7 Å². The summed E-state index contributed by atoms with van der Waals surface area (Å²) >= 11 is 0. The molecule has 0 aliphatic carbocycles. The quantitative estimate of drug-likeness (QED) is 0.516. The largest absolute Gasteiger partial charge is 0.475 e. The Morgan fingerprint density at radius 2 is 1.24 bits per heavy atom. The van der Waals surface area contributed by atoms with E-state index in [0.717, 1.165) is 0 Å². The predicted octanol–water partition coefficient (Wildman–Crippen LogP) is 1.97. The summed E-state index contributed by atoms with van der Waals surface area (Å²) in [4.78, 5) is 33.3. The van der Waals surface area contributed by atoms with Crippen LogP contribution in [0.3, 0.4) is 0 Å². The average molecular weight is 284 g/mol. The second-order valence-electron chi connectivity index (χ2n) is 4.24. The Morgan fingerprint density at radius 3 is 1.62 bits per heavy atom. The number of hydrogen-bond acceptors (Lipinski definition) is 4. The fraction of sp³-hybridized carbons (Fsp3) is 0.0625. The maximum atomic E-state index is 11.6. The minimum Gasteiger partial charge on any atom is -0.475 e. The van der Waals surface area contributed by atoms with Gasteiger partial charge in [-0.25, -0.2) is 9.59 Å². The maximum absolute atomic E-state index is 11.6. The Hall–Kier alpha value is -2.95. The molecule has 0 fully saturated rings. The zero-order valence-electron chi connectivity index (χ0n) is 10.9. The lowest BCUT2D eigenvalue weighted by Crippen LogP contribution is -2.27. The van der Waals surface area contributed by atoms with E-state index in [1.54, 1.807) is 60.7 Å². The maximum Gasteiger partial charge on any atom is 0.387 e. The molecule has 0 bridgehead atoms. The molecule has 1 N–H and O–H groups in total. The van der Waals surface area contributed by atoms with Gasteiger partial charge in [0.1, 0.15) is 0 Å². The van der Waals surface area contributed by atoms with E-state index < -0.39 is 23.8 Å². The lowest BCUT2D eigenvalue weighted by Gasteiger charge is -2.17. The third-order valence-electron chi connectivity index (χ3n) is 2.81. The first-order valence-corrected chi connectivity index (χ1v) is 6.17. The average Bonchev–Trinajstić information content (AvgIpc) is 2.53. The van der Waals surface area contributed by atoms with Crippen molar-refractivity contribution in [2.75, 3.05) is 0 Å². The molecule has 0 saturated heterocycles. The van der Waals surface area contributed by atoms with E-state index in [-0.39, 0.29) is 0 Å². The van der Waals surface area contributed by atoms with Gasteiger partial charge in [0.2, 0.25) is 0 Å². The number of hydrogen-bond donors (Lipinski definition) is 1. The van der Waals surface area contributed by atoms with Crippen LogP contribution in [0, 0.1) is 0 Å². The molecule has 0 spiro atoms. The molecule has 0 aliphatic heterocycles. The smallest absolute Gasteiger partial charge is 0.387 e. The fourth-order valence-electron chi connectivity index (χ4n) is 1.83. The fourth-order valence-corrected chi connectivity index (χ4v) is 1.83. The van der Waals surface area contributed by atoms with Gasteiger partial charge in [-0.15, -0.1) is 0 Å². The summed E-state index contributed by atoms with van der Waals surface area (Å²) < 4.78 is 5.08. The van der Waals surface area contributed by atoms with Gasteiger partial charge in [0, 0.05) is 0 Å². The molecule has 0 atom stereocenters. The predicted molar refractivity (Wildman–Crippen MR) is 73.5 cm³/mol. The Kier molecular flexibility index (Phi) is 4.46. The number of carboxylic acids is 1. The van der Waals surface area contributed by atoms with Gasteiger partial charge in [0.25, 0.3) is 0 Å². The minimum atomic E-state index is -1.83. The first-order chi connectivity index (χ1) is 10.1. The zero-order valence-corrected chi connectivity index (χ0v) is 10.9. The van der Waals surface area contributed by atoms with E-state index in [1.165, 1.54) is 0 Å². The lowest BCUT2D eigenvalue weighted by atomic mass is 10.0. The molecule has 0 unspecified atom stereocenters. The monoisotopic (exact) mass is 284 g/mol. The number of benzene rings is 2. The van der Waals surface area contributed by atoms with Gasteiger partial charge < -0.3 is 9.84 Å². The third kappa shape index (κ3) is 3.54. The van der Waals surface area contributed by atoms with Crippen molar-refractivity contribution in [1.82, 2.24) is 0 Å². The van der Waals surface area contributed by atoms with Gasteiger partial charge in [-0.3, -0.25) is 4.79 Å². The van der Waals surface area contributed by atoms with Crippen molar-refractivity contribution in [2.24, 2.45) is 0 Å². The van der Waals surface area contributed by atoms with E-state index in [4.69, 9.17) is 9.84 Å². The number of rotatable bonds is 5. The van der Waals surface area contributed by atoms with Gasteiger partial charge in [-0.05, 0) is 11.1 Å². The van der Waals surface area contributed by atoms with Crippen molar-refractivity contribution in [1.29, 1.82) is 0 Å². The van der Waals surface area contributed by atoms with Gasteiger partial charge in [-0.2, -0.15) is 0 Å². The van der Waals surface area contributed by atoms with E-state index in [0.29, 0.717) is 11.1 Å². The second kappa shape index (κ2) is 6.47. The van der Waals surface area contributed by atoms with Crippen molar-refractivity contribution >= 4 is 17.7 Å². The number of ether oxygens (including phenoxy) is 1. The van der Waals surface area contributed by atoms with Crippen LogP contribution < -0.4 is 0 Å². The first kappa shape index (κ1) is 14.5. The highest BCUT2D eigenvalue weighted by molar-refractivity contribution is 6.59. The number of esters is 1. The van der Waals surface area contributed by atoms with Crippen molar-refractivity contribution < 1.29 is 24.2 Å². The molecule has 5 nitrogen and oxygen atoms in total. The number of carboxylic acid groups (broad SMARTS) is 1. The van der Waals surface area contributed by atoms with Crippen LogP contribution in [0.2, 0.25) is 0 Å². The zero-order chi connectivity index (χ0) is 15.2.